The van der Waals surface area contributed by atoms with Crippen molar-refractivity contribution in [3.05, 3.63) is 22.9 Å². The molecule has 1 aromatic rings. The molecule has 2 rings (SSSR count). The third kappa shape index (κ3) is 3.51. The van der Waals surface area contributed by atoms with Crippen molar-refractivity contribution in [2.24, 2.45) is 0 Å². The van der Waals surface area contributed by atoms with Gasteiger partial charge in [-0.25, -0.2) is 4.98 Å². The van der Waals surface area contributed by atoms with E-state index in [-0.39, 0.29) is 5.91 Å². The van der Waals surface area contributed by atoms with E-state index in [9.17, 15) is 4.79 Å². The number of fused-ring (bicyclic) bond motifs is 1. The Balaban J connectivity index is 2.41. The molecule has 0 saturated heterocycles. The molecule has 6 nitrogen and oxygen atoms in total. The van der Waals surface area contributed by atoms with Crippen LogP contribution in [0.3, 0.4) is 0 Å². The van der Waals surface area contributed by atoms with Gasteiger partial charge >= 0.3 is 0 Å². The van der Waals surface area contributed by atoms with E-state index in [4.69, 9.17) is 9.47 Å². The van der Waals surface area contributed by atoms with Crippen LogP contribution in [0.2, 0.25) is 0 Å². The van der Waals surface area contributed by atoms with Crippen LogP contribution in [0.4, 0.5) is 5.82 Å². The highest BCUT2D eigenvalue weighted by atomic mass is 16.7. The maximum atomic E-state index is 11.5. The van der Waals surface area contributed by atoms with Crippen LogP contribution in [-0.2, 0) is 27.2 Å². The minimum absolute atomic E-state index is 0.0168. The van der Waals surface area contributed by atoms with E-state index in [2.05, 4.69) is 16.4 Å². The second-order valence-corrected chi connectivity index (χ2v) is 5.25. The molecular formula is C15H23N3O3. The van der Waals surface area contributed by atoms with Gasteiger partial charge in [0.2, 0.25) is 12.2 Å². The largest absolute Gasteiger partial charge is 0.370 e. The third-order valence-electron chi connectivity index (χ3n) is 3.73. The summed E-state index contributed by atoms with van der Waals surface area (Å²) in [6, 6.07) is 2.11. The van der Waals surface area contributed by atoms with Crippen LogP contribution in [0.1, 0.15) is 36.5 Å². The lowest BCUT2D eigenvalue weighted by Gasteiger charge is -2.25. The summed E-state index contributed by atoms with van der Waals surface area (Å²) >= 11 is 0. The van der Waals surface area contributed by atoms with Crippen LogP contribution in [0, 0.1) is 0 Å². The minimum atomic E-state index is -0.533. The predicted octanol–water partition coefficient (Wildman–Crippen LogP) is 1.71. The lowest BCUT2D eigenvalue weighted by Crippen LogP contribution is -2.26. The van der Waals surface area contributed by atoms with Gasteiger partial charge in [0.05, 0.1) is 0 Å². The van der Waals surface area contributed by atoms with Gasteiger partial charge in [0.1, 0.15) is 11.5 Å². The number of anilines is 1. The molecule has 0 fully saturated rings. The minimum Gasteiger partial charge on any atom is -0.370 e. The Morgan fingerprint density at radius 3 is 2.81 bits per heavy atom. The summed E-state index contributed by atoms with van der Waals surface area (Å²) in [6.07, 6.45) is 1.56. The first-order chi connectivity index (χ1) is 10.1. The van der Waals surface area contributed by atoms with Gasteiger partial charge in [0.25, 0.3) is 0 Å². The van der Waals surface area contributed by atoms with Crippen molar-refractivity contribution in [1.82, 2.24) is 9.88 Å². The predicted molar refractivity (Wildman–Crippen MR) is 80.0 cm³/mol. The molecular weight excluding hydrogens is 270 g/mol. The van der Waals surface area contributed by atoms with Gasteiger partial charge in [0.15, 0.2) is 0 Å². The fraction of sp³-hybridized carbons (Fsp3) is 0.600. The number of amides is 1. The van der Waals surface area contributed by atoms with Crippen molar-refractivity contribution in [2.75, 3.05) is 33.1 Å². The second-order valence-electron chi connectivity index (χ2n) is 5.25. The highest BCUT2D eigenvalue weighted by Crippen LogP contribution is 2.28. The van der Waals surface area contributed by atoms with Crippen molar-refractivity contribution in [1.29, 1.82) is 0 Å². The zero-order valence-electron chi connectivity index (χ0n) is 13.1. The van der Waals surface area contributed by atoms with Crippen LogP contribution in [0.5, 0.6) is 0 Å². The van der Waals surface area contributed by atoms with Gasteiger partial charge in [-0.15, -0.1) is 0 Å². The molecule has 21 heavy (non-hydrogen) atoms. The highest BCUT2D eigenvalue weighted by molar-refractivity contribution is 5.72. The third-order valence-corrected chi connectivity index (χ3v) is 3.73. The molecule has 0 aromatic carbocycles. The fourth-order valence-corrected chi connectivity index (χ4v) is 2.46. The molecule has 0 atom stereocenters. The first-order valence-corrected chi connectivity index (χ1v) is 7.10. The molecule has 1 amide bonds. The van der Waals surface area contributed by atoms with Crippen molar-refractivity contribution in [3.63, 3.8) is 0 Å². The number of rotatable bonds is 5. The zero-order chi connectivity index (χ0) is 15.4. The lowest BCUT2D eigenvalue weighted by atomic mass is 10.0. The molecule has 0 spiro atoms. The molecule has 116 valence electrons. The van der Waals surface area contributed by atoms with Gasteiger partial charge in [-0.2, -0.15) is 0 Å². The number of carbonyl (C=O) groups excluding carboxylic acids is 1. The SMILES string of the molecule is COC(OC)c1nc2c(cc1CN(C)C(C)=O)CCCN2. The van der Waals surface area contributed by atoms with Gasteiger partial charge in [-0.1, -0.05) is 0 Å². The highest BCUT2D eigenvalue weighted by Gasteiger charge is 2.22. The van der Waals surface area contributed by atoms with E-state index in [1.807, 2.05) is 0 Å². The average Bonchev–Trinajstić information content (AvgIpc) is 2.48. The summed E-state index contributed by atoms with van der Waals surface area (Å²) in [5, 5.41) is 3.31. The molecule has 1 aromatic heterocycles. The number of ether oxygens (including phenoxy) is 2. The number of carbonyl (C=O) groups is 1. The van der Waals surface area contributed by atoms with Crippen LogP contribution in [-0.4, -0.2) is 43.6 Å². The lowest BCUT2D eigenvalue weighted by molar-refractivity contribution is -0.128. The van der Waals surface area contributed by atoms with Crippen molar-refractivity contribution < 1.29 is 14.3 Å². The monoisotopic (exact) mass is 293 g/mol. The summed E-state index contributed by atoms with van der Waals surface area (Å²) in [6.45, 7) is 2.97. The topological polar surface area (TPSA) is 63.7 Å². The van der Waals surface area contributed by atoms with E-state index in [0.29, 0.717) is 6.54 Å². The molecule has 0 radical (unpaired) electrons. The Hall–Kier alpha value is -1.66. The Morgan fingerprint density at radius 2 is 2.19 bits per heavy atom. The number of hydrogen-bond donors (Lipinski definition) is 1. The Morgan fingerprint density at radius 1 is 1.48 bits per heavy atom. The summed E-state index contributed by atoms with van der Waals surface area (Å²) in [5.74, 6) is 0.910. The number of pyridine rings is 1. The number of methoxy groups -OCH3 is 2. The van der Waals surface area contributed by atoms with E-state index in [1.165, 1.54) is 5.56 Å². The maximum Gasteiger partial charge on any atom is 0.219 e. The van der Waals surface area contributed by atoms with Crippen molar-refractivity contribution in [2.45, 2.75) is 32.6 Å². The fourth-order valence-electron chi connectivity index (χ4n) is 2.46. The summed E-state index contributed by atoms with van der Waals surface area (Å²) in [7, 11) is 4.95. The van der Waals surface area contributed by atoms with E-state index >= 15 is 0 Å². The standard InChI is InChI=1S/C15H23N3O3/c1-10(19)18(2)9-12-8-11-6-5-7-16-14(11)17-13(12)15(20-3)21-4/h8,15H,5-7,9H2,1-4H3,(H,16,17). The normalized spacial score (nSPS) is 13.8. The van der Waals surface area contributed by atoms with Gasteiger partial charge in [-0.05, 0) is 30.0 Å². The number of nitrogens with zero attached hydrogens (tertiary/aromatic N) is 2. The van der Waals surface area contributed by atoms with Gasteiger partial charge in [0, 0.05) is 41.3 Å². The number of hydrogen-bond acceptors (Lipinski definition) is 5. The van der Waals surface area contributed by atoms with E-state index in [1.54, 1.807) is 33.1 Å². The number of aryl methyl sites for hydroxylation is 1. The Kier molecular flexibility index (Phi) is 5.14. The molecule has 0 bridgehead atoms. The van der Waals surface area contributed by atoms with Crippen molar-refractivity contribution in [3.8, 4) is 0 Å². The van der Waals surface area contributed by atoms with Gasteiger partial charge in [-0.3, -0.25) is 4.79 Å². The van der Waals surface area contributed by atoms with Crippen LogP contribution in [0.25, 0.3) is 0 Å². The Labute approximate surface area is 125 Å². The van der Waals surface area contributed by atoms with Crippen molar-refractivity contribution >= 4 is 11.7 Å². The summed E-state index contributed by atoms with van der Waals surface area (Å²) < 4.78 is 10.7. The van der Waals surface area contributed by atoms with E-state index < -0.39 is 6.29 Å². The summed E-state index contributed by atoms with van der Waals surface area (Å²) in [4.78, 5) is 17.8. The van der Waals surface area contributed by atoms with Crippen LogP contribution < -0.4 is 5.32 Å². The van der Waals surface area contributed by atoms with Crippen LogP contribution >= 0.6 is 0 Å². The number of nitrogens with one attached hydrogen (secondary N) is 1. The smallest absolute Gasteiger partial charge is 0.219 e. The molecule has 1 aliphatic rings. The molecule has 0 unspecified atom stereocenters. The molecule has 0 aliphatic carbocycles. The van der Waals surface area contributed by atoms with E-state index in [0.717, 1.165) is 36.5 Å². The zero-order valence-corrected chi connectivity index (χ0v) is 13.1. The maximum absolute atomic E-state index is 11.5. The average molecular weight is 293 g/mol. The first kappa shape index (κ1) is 15.7. The van der Waals surface area contributed by atoms with Gasteiger partial charge < -0.3 is 19.7 Å². The quantitative estimate of drug-likeness (QED) is 0.837. The Bertz CT molecular complexity index is 515. The molecule has 2 heterocycles. The molecule has 0 saturated carbocycles. The molecule has 1 N–H and O–H groups in total. The molecule has 1 aliphatic heterocycles. The van der Waals surface area contributed by atoms with Crippen LogP contribution in [0.15, 0.2) is 6.07 Å². The summed E-state index contributed by atoms with van der Waals surface area (Å²) in [5.41, 5.74) is 2.87. The number of aromatic nitrogens is 1. The second kappa shape index (κ2) is 6.87. The molecule has 6 heteroatoms. The first-order valence-electron chi connectivity index (χ1n) is 7.10.